The van der Waals surface area contributed by atoms with Gasteiger partial charge in [-0.3, -0.25) is 0 Å². The highest BCUT2D eigenvalue weighted by molar-refractivity contribution is 5.19. The quantitative estimate of drug-likeness (QED) is 0.518. The molecule has 0 spiro atoms. The van der Waals surface area contributed by atoms with E-state index in [0.717, 1.165) is 0 Å². The molecule has 0 amide bonds. The number of allylic oxidation sites excluding steroid dienone is 3. The zero-order valence-corrected chi connectivity index (χ0v) is 6.82. The molecule has 0 bridgehead atoms. The molecule has 0 radical (unpaired) electrons. The maximum atomic E-state index is 3.87. The van der Waals surface area contributed by atoms with Gasteiger partial charge in [-0.1, -0.05) is 30.2 Å². The topological polar surface area (TPSA) is 0 Å². The minimum atomic E-state index is 1.21. The van der Waals surface area contributed by atoms with Crippen molar-refractivity contribution in [1.29, 1.82) is 0 Å². The Labute approximate surface area is 63.6 Å². The fourth-order valence-corrected chi connectivity index (χ4v) is 1.50. The first-order valence-electron chi connectivity index (χ1n) is 4.14. The van der Waals surface area contributed by atoms with Crippen LogP contribution in [-0.4, -0.2) is 0 Å². The molecule has 1 rings (SSSR count). The highest BCUT2D eigenvalue weighted by Crippen LogP contribution is 2.23. The number of hydrogen-bond acceptors (Lipinski definition) is 0. The lowest BCUT2D eigenvalue weighted by molar-refractivity contribution is 0.598. The SMILES string of the molecule is C=C(C)C=C1CCCCC1. The molecular weight excluding hydrogens is 120 g/mol. The van der Waals surface area contributed by atoms with Crippen LogP contribution in [0.4, 0.5) is 0 Å². The van der Waals surface area contributed by atoms with Crippen LogP contribution in [0.15, 0.2) is 23.8 Å². The molecule has 0 N–H and O–H groups in total. The molecule has 0 aliphatic heterocycles. The van der Waals surface area contributed by atoms with Gasteiger partial charge in [0.25, 0.3) is 0 Å². The van der Waals surface area contributed by atoms with Crippen molar-refractivity contribution in [3.05, 3.63) is 23.8 Å². The van der Waals surface area contributed by atoms with Gasteiger partial charge in [0.05, 0.1) is 0 Å². The Bertz CT molecular complexity index is 143. The van der Waals surface area contributed by atoms with Gasteiger partial charge in [0.2, 0.25) is 0 Å². The first kappa shape index (κ1) is 7.59. The van der Waals surface area contributed by atoms with Crippen LogP contribution >= 0.6 is 0 Å². The van der Waals surface area contributed by atoms with Crippen LogP contribution in [0.2, 0.25) is 0 Å². The van der Waals surface area contributed by atoms with Gasteiger partial charge in [0.1, 0.15) is 0 Å². The summed E-state index contributed by atoms with van der Waals surface area (Å²) in [6.45, 7) is 5.94. The molecule has 56 valence electrons. The molecule has 0 heterocycles. The second kappa shape index (κ2) is 3.60. The summed E-state index contributed by atoms with van der Waals surface area (Å²) in [5, 5.41) is 0. The van der Waals surface area contributed by atoms with Crippen LogP contribution < -0.4 is 0 Å². The van der Waals surface area contributed by atoms with E-state index >= 15 is 0 Å². The zero-order valence-electron chi connectivity index (χ0n) is 6.82. The summed E-state index contributed by atoms with van der Waals surface area (Å²) in [5.74, 6) is 0. The summed E-state index contributed by atoms with van der Waals surface area (Å²) in [7, 11) is 0. The molecule has 0 aromatic heterocycles. The Morgan fingerprint density at radius 3 is 2.40 bits per heavy atom. The molecule has 0 heteroatoms. The van der Waals surface area contributed by atoms with Crippen molar-refractivity contribution < 1.29 is 0 Å². The summed E-state index contributed by atoms with van der Waals surface area (Å²) < 4.78 is 0. The van der Waals surface area contributed by atoms with E-state index in [9.17, 15) is 0 Å². The van der Waals surface area contributed by atoms with E-state index in [-0.39, 0.29) is 0 Å². The van der Waals surface area contributed by atoms with Crippen molar-refractivity contribution in [3.8, 4) is 0 Å². The summed E-state index contributed by atoms with van der Waals surface area (Å²) in [4.78, 5) is 0. The van der Waals surface area contributed by atoms with E-state index in [4.69, 9.17) is 0 Å². The lowest BCUT2D eigenvalue weighted by atomic mass is 9.94. The van der Waals surface area contributed by atoms with E-state index in [1.54, 1.807) is 5.57 Å². The lowest BCUT2D eigenvalue weighted by Gasteiger charge is -2.12. The van der Waals surface area contributed by atoms with Gasteiger partial charge in [-0.15, -0.1) is 0 Å². The van der Waals surface area contributed by atoms with E-state index in [1.165, 1.54) is 37.7 Å². The maximum absolute atomic E-state index is 3.87. The minimum absolute atomic E-state index is 1.21. The van der Waals surface area contributed by atoms with Crippen molar-refractivity contribution in [1.82, 2.24) is 0 Å². The minimum Gasteiger partial charge on any atom is -0.0961 e. The highest BCUT2D eigenvalue weighted by Gasteiger charge is 2.03. The van der Waals surface area contributed by atoms with Gasteiger partial charge in [0, 0.05) is 0 Å². The Hall–Kier alpha value is -0.520. The van der Waals surface area contributed by atoms with Gasteiger partial charge in [-0.05, 0) is 32.6 Å². The standard InChI is InChI=1S/C10H16/c1-9(2)8-10-6-4-3-5-7-10/h8H,1,3-7H2,2H3. The first-order chi connectivity index (χ1) is 4.79. The third kappa shape index (κ3) is 2.38. The molecule has 1 saturated carbocycles. The second-order valence-corrected chi connectivity index (χ2v) is 3.21. The summed E-state index contributed by atoms with van der Waals surface area (Å²) in [6.07, 6.45) is 9.07. The van der Waals surface area contributed by atoms with Gasteiger partial charge in [-0.25, -0.2) is 0 Å². The summed E-state index contributed by atoms with van der Waals surface area (Å²) in [6, 6.07) is 0. The molecule has 10 heavy (non-hydrogen) atoms. The number of rotatable bonds is 1. The van der Waals surface area contributed by atoms with Crippen LogP contribution in [0, 0.1) is 0 Å². The molecule has 0 atom stereocenters. The molecule has 0 nitrogen and oxygen atoms in total. The molecule has 1 fully saturated rings. The van der Waals surface area contributed by atoms with E-state index in [2.05, 4.69) is 19.6 Å². The van der Waals surface area contributed by atoms with Crippen LogP contribution in [-0.2, 0) is 0 Å². The molecule has 0 saturated heterocycles. The van der Waals surface area contributed by atoms with E-state index in [1.807, 2.05) is 0 Å². The van der Waals surface area contributed by atoms with E-state index in [0.29, 0.717) is 0 Å². The molecule has 0 unspecified atom stereocenters. The number of hydrogen-bond donors (Lipinski definition) is 0. The average molecular weight is 136 g/mol. The zero-order chi connectivity index (χ0) is 7.40. The highest BCUT2D eigenvalue weighted by atomic mass is 14.1. The largest absolute Gasteiger partial charge is 0.0961 e. The molecular formula is C10H16. The Morgan fingerprint density at radius 2 is 1.90 bits per heavy atom. The van der Waals surface area contributed by atoms with Crippen molar-refractivity contribution in [2.75, 3.05) is 0 Å². The average Bonchev–Trinajstić information content (AvgIpc) is 1.88. The molecule has 1 aliphatic rings. The van der Waals surface area contributed by atoms with Crippen LogP contribution in [0.3, 0.4) is 0 Å². The predicted molar refractivity (Wildman–Crippen MR) is 46.0 cm³/mol. The Kier molecular flexibility index (Phi) is 2.73. The van der Waals surface area contributed by atoms with Crippen LogP contribution in [0.5, 0.6) is 0 Å². The predicted octanol–water partition coefficient (Wildman–Crippen LogP) is 3.45. The van der Waals surface area contributed by atoms with Gasteiger partial charge in [0.15, 0.2) is 0 Å². The van der Waals surface area contributed by atoms with Gasteiger partial charge >= 0.3 is 0 Å². The summed E-state index contributed by atoms with van der Waals surface area (Å²) >= 11 is 0. The molecule has 1 aliphatic carbocycles. The van der Waals surface area contributed by atoms with Crippen molar-refractivity contribution in [3.63, 3.8) is 0 Å². The fourth-order valence-electron chi connectivity index (χ4n) is 1.50. The van der Waals surface area contributed by atoms with Crippen molar-refractivity contribution >= 4 is 0 Å². The monoisotopic (exact) mass is 136 g/mol. The van der Waals surface area contributed by atoms with Crippen molar-refractivity contribution in [2.45, 2.75) is 39.0 Å². The second-order valence-electron chi connectivity index (χ2n) is 3.21. The molecule has 0 aromatic rings. The van der Waals surface area contributed by atoms with Gasteiger partial charge < -0.3 is 0 Å². The molecule has 0 aromatic carbocycles. The van der Waals surface area contributed by atoms with E-state index < -0.39 is 0 Å². The third-order valence-corrected chi connectivity index (χ3v) is 1.95. The normalized spacial score (nSPS) is 18.7. The van der Waals surface area contributed by atoms with Crippen molar-refractivity contribution in [2.24, 2.45) is 0 Å². The maximum Gasteiger partial charge on any atom is -0.0317 e. The third-order valence-electron chi connectivity index (χ3n) is 1.95. The van der Waals surface area contributed by atoms with Crippen LogP contribution in [0.1, 0.15) is 39.0 Å². The smallest absolute Gasteiger partial charge is 0.0317 e. The van der Waals surface area contributed by atoms with Crippen LogP contribution in [0.25, 0.3) is 0 Å². The first-order valence-corrected chi connectivity index (χ1v) is 4.14. The summed E-state index contributed by atoms with van der Waals surface area (Å²) in [5.41, 5.74) is 2.82. The Morgan fingerprint density at radius 1 is 1.30 bits per heavy atom. The lowest BCUT2D eigenvalue weighted by Crippen LogP contribution is -1.93. The Balaban J connectivity index is 2.45. The fraction of sp³-hybridized carbons (Fsp3) is 0.600. The van der Waals surface area contributed by atoms with Gasteiger partial charge in [-0.2, -0.15) is 0 Å².